The maximum atomic E-state index is 11.0. The minimum atomic E-state index is -2.92. The van der Waals surface area contributed by atoms with Crippen LogP contribution in [0.3, 0.4) is 0 Å². The zero-order valence-electron chi connectivity index (χ0n) is 6.29. The molecule has 0 saturated carbocycles. The van der Waals surface area contributed by atoms with Crippen LogP contribution in [0.5, 0.6) is 0 Å². The monoisotopic (exact) mass is 163 g/mol. The molecule has 3 nitrogen and oxygen atoms in total. The lowest BCUT2D eigenvalue weighted by molar-refractivity contribution is 0.0454. The summed E-state index contributed by atoms with van der Waals surface area (Å²) in [6.45, 7) is 8.22. The molecule has 0 atom stereocenters. The average Bonchev–Trinajstić information content (AvgIpc) is 1.79. The Balaban J connectivity index is 2.54. The molecule has 1 rings (SSSR count). The van der Waals surface area contributed by atoms with Gasteiger partial charge in [-0.15, -0.1) is 0 Å². The minimum Gasteiger partial charge on any atom is -0.308 e. The fraction of sp³-hybridized carbons (Fsp3) is 0.833. The van der Waals surface area contributed by atoms with E-state index in [1.54, 1.807) is 0 Å². The van der Waals surface area contributed by atoms with E-state index in [-0.39, 0.29) is 5.41 Å². The van der Waals surface area contributed by atoms with Gasteiger partial charge in [-0.05, 0) is 0 Å². The Morgan fingerprint density at radius 3 is 2.10 bits per heavy atom. The zero-order valence-corrected chi connectivity index (χ0v) is 7.19. The molecular weight excluding hydrogens is 151 g/mol. The van der Waals surface area contributed by atoms with Crippen molar-refractivity contribution in [3.63, 3.8) is 0 Å². The van der Waals surface area contributed by atoms with Crippen molar-refractivity contribution in [3.8, 4) is 0 Å². The molecule has 1 heterocycles. The molecule has 0 spiro atoms. The van der Waals surface area contributed by atoms with Gasteiger partial charge in [0.15, 0.2) is 0 Å². The molecule has 59 valence electrons. The summed E-state index contributed by atoms with van der Waals surface area (Å²) >= 11 is 0. The van der Waals surface area contributed by atoms with E-state index in [4.69, 9.17) is 9.05 Å². The summed E-state index contributed by atoms with van der Waals surface area (Å²) in [5.41, 5.74) is -0.0222. The molecule has 1 saturated heterocycles. The van der Waals surface area contributed by atoms with Crippen LogP contribution in [-0.2, 0) is 13.6 Å². The van der Waals surface area contributed by atoms with Gasteiger partial charge >= 0.3 is 7.60 Å². The van der Waals surface area contributed by atoms with Crippen molar-refractivity contribution in [2.45, 2.75) is 13.8 Å². The van der Waals surface area contributed by atoms with Gasteiger partial charge in [-0.25, -0.2) is 0 Å². The Morgan fingerprint density at radius 2 is 1.80 bits per heavy atom. The van der Waals surface area contributed by atoms with Gasteiger partial charge in [-0.2, -0.15) is 0 Å². The van der Waals surface area contributed by atoms with Gasteiger partial charge in [-0.3, -0.25) is 4.57 Å². The molecule has 0 aromatic carbocycles. The summed E-state index contributed by atoms with van der Waals surface area (Å²) in [5.74, 6) is 0. The second kappa shape index (κ2) is 2.33. The Bertz CT molecular complexity index is 162. The zero-order chi connectivity index (χ0) is 7.83. The maximum absolute atomic E-state index is 11.0. The molecule has 1 fully saturated rings. The van der Waals surface area contributed by atoms with Crippen LogP contribution in [0.2, 0.25) is 0 Å². The molecule has 10 heavy (non-hydrogen) atoms. The molecule has 4 heteroatoms. The van der Waals surface area contributed by atoms with Gasteiger partial charge in [0.1, 0.15) is 0 Å². The van der Waals surface area contributed by atoms with Crippen LogP contribution in [-0.4, -0.2) is 13.2 Å². The van der Waals surface area contributed by atoms with E-state index in [0.29, 0.717) is 13.2 Å². The third-order valence-corrected chi connectivity index (χ3v) is 2.35. The van der Waals surface area contributed by atoms with Crippen LogP contribution in [0.15, 0.2) is 0 Å². The third kappa shape index (κ3) is 2.08. The summed E-state index contributed by atoms with van der Waals surface area (Å²) < 4.78 is 20.8. The van der Waals surface area contributed by atoms with Crippen LogP contribution < -0.4 is 0 Å². The van der Waals surface area contributed by atoms with Crippen molar-refractivity contribution in [2.75, 3.05) is 13.2 Å². The Hall–Kier alpha value is 0.150. The van der Waals surface area contributed by atoms with Crippen molar-refractivity contribution >= 4 is 7.60 Å². The maximum Gasteiger partial charge on any atom is 0.331 e. The van der Waals surface area contributed by atoms with E-state index in [0.717, 1.165) is 0 Å². The molecule has 0 aliphatic carbocycles. The highest BCUT2D eigenvalue weighted by Gasteiger charge is 2.32. The number of rotatable bonds is 0. The van der Waals surface area contributed by atoms with Gasteiger partial charge in [0, 0.05) is 5.41 Å². The first kappa shape index (κ1) is 8.25. The fourth-order valence-electron chi connectivity index (χ4n) is 0.625. The predicted octanol–water partition coefficient (Wildman–Crippen LogP) is 2.04. The first-order chi connectivity index (χ1) is 4.41. The molecule has 1 radical (unpaired) electrons. The Kier molecular flexibility index (Phi) is 1.92. The first-order valence-electron chi connectivity index (χ1n) is 3.15. The molecule has 0 aromatic rings. The summed E-state index contributed by atoms with van der Waals surface area (Å²) in [4.78, 5) is 0. The van der Waals surface area contributed by atoms with Crippen LogP contribution in [0.25, 0.3) is 0 Å². The lowest BCUT2D eigenvalue weighted by atomic mass is 9.97. The van der Waals surface area contributed by atoms with Gasteiger partial charge in [0.05, 0.1) is 19.9 Å². The second-order valence-electron chi connectivity index (χ2n) is 3.32. The molecule has 1 aliphatic heterocycles. The van der Waals surface area contributed by atoms with Crippen LogP contribution >= 0.6 is 7.60 Å². The van der Waals surface area contributed by atoms with Crippen molar-refractivity contribution in [1.82, 2.24) is 0 Å². The average molecular weight is 163 g/mol. The fourth-order valence-corrected chi connectivity index (χ4v) is 1.79. The summed E-state index contributed by atoms with van der Waals surface area (Å²) in [6.07, 6.45) is 0. The first-order valence-corrected chi connectivity index (χ1v) is 4.88. The van der Waals surface area contributed by atoms with Crippen LogP contribution in [0, 0.1) is 12.1 Å². The second-order valence-corrected chi connectivity index (χ2v) is 5.06. The summed E-state index contributed by atoms with van der Waals surface area (Å²) in [6, 6.07) is 0. The van der Waals surface area contributed by atoms with Gasteiger partial charge in [0.2, 0.25) is 0 Å². The molecule has 0 aromatic heterocycles. The largest absolute Gasteiger partial charge is 0.331 e. The highest BCUT2D eigenvalue weighted by atomic mass is 31.2. The van der Waals surface area contributed by atoms with Crippen molar-refractivity contribution in [2.24, 2.45) is 5.41 Å². The topological polar surface area (TPSA) is 35.5 Å². The Morgan fingerprint density at radius 1 is 1.40 bits per heavy atom. The van der Waals surface area contributed by atoms with Crippen molar-refractivity contribution in [1.29, 1.82) is 0 Å². The standard InChI is InChI=1S/C6H12O3P/c1-6(2)4-8-10(3,7)9-5-6/h3-5H2,1-2H3. The van der Waals surface area contributed by atoms with E-state index < -0.39 is 7.60 Å². The summed E-state index contributed by atoms with van der Waals surface area (Å²) in [5, 5.41) is 0. The van der Waals surface area contributed by atoms with Gasteiger partial charge in [0.25, 0.3) is 0 Å². The molecule has 1 aliphatic rings. The highest BCUT2D eigenvalue weighted by molar-refractivity contribution is 7.55. The van der Waals surface area contributed by atoms with Crippen molar-refractivity contribution < 1.29 is 13.6 Å². The van der Waals surface area contributed by atoms with E-state index in [1.807, 2.05) is 13.8 Å². The lowest BCUT2D eigenvalue weighted by Crippen LogP contribution is -2.28. The normalized spacial score (nSPS) is 29.9. The van der Waals surface area contributed by atoms with E-state index in [1.165, 1.54) is 0 Å². The molecule has 0 bridgehead atoms. The van der Waals surface area contributed by atoms with E-state index in [9.17, 15) is 4.57 Å². The van der Waals surface area contributed by atoms with Crippen LogP contribution in [0.1, 0.15) is 13.8 Å². The SMILES string of the molecule is [CH2]P1(=O)OCC(C)(C)CO1. The third-order valence-electron chi connectivity index (χ3n) is 1.30. The molecule has 0 unspecified atom stereocenters. The van der Waals surface area contributed by atoms with Gasteiger partial charge in [-0.1, -0.05) is 13.8 Å². The highest BCUT2D eigenvalue weighted by Crippen LogP contribution is 2.51. The summed E-state index contributed by atoms with van der Waals surface area (Å²) in [7, 11) is -2.92. The molecular formula is C6H12O3P. The smallest absolute Gasteiger partial charge is 0.308 e. The predicted molar refractivity (Wildman–Crippen MR) is 38.6 cm³/mol. The van der Waals surface area contributed by atoms with E-state index in [2.05, 4.69) is 6.66 Å². The van der Waals surface area contributed by atoms with Crippen LogP contribution in [0.4, 0.5) is 0 Å². The molecule has 0 amide bonds. The van der Waals surface area contributed by atoms with E-state index >= 15 is 0 Å². The number of hydrogen-bond donors (Lipinski definition) is 0. The van der Waals surface area contributed by atoms with Crippen molar-refractivity contribution in [3.05, 3.63) is 6.66 Å². The van der Waals surface area contributed by atoms with Gasteiger partial charge < -0.3 is 9.05 Å². The molecule has 0 N–H and O–H groups in total. The minimum absolute atomic E-state index is 0.0222. The lowest BCUT2D eigenvalue weighted by Gasteiger charge is -2.32. The number of hydrogen-bond acceptors (Lipinski definition) is 3. The quantitative estimate of drug-likeness (QED) is 0.512. The Labute approximate surface area is 61.2 Å².